The second-order valence-corrected chi connectivity index (χ2v) is 7.27. The average molecular weight is 430 g/mol. The van der Waals surface area contributed by atoms with Gasteiger partial charge in [-0.3, -0.25) is 14.2 Å². The summed E-state index contributed by atoms with van der Waals surface area (Å²) in [5.74, 6) is -2.22. The maximum absolute atomic E-state index is 14.2. The van der Waals surface area contributed by atoms with Crippen molar-refractivity contribution in [3.8, 4) is 0 Å². The molecule has 0 amide bonds. The number of ketones is 1. The Morgan fingerprint density at radius 3 is 2.69 bits per heavy atom. The summed E-state index contributed by atoms with van der Waals surface area (Å²) in [6.45, 7) is 0. The number of Topliss-reactive ketones (excluding diaryl/α,β-unsaturated/α-hetero) is 1. The van der Waals surface area contributed by atoms with Gasteiger partial charge in [-0.05, 0) is 36.4 Å². The van der Waals surface area contributed by atoms with Crippen molar-refractivity contribution in [2.75, 3.05) is 0 Å². The van der Waals surface area contributed by atoms with Gasteiger partial charge in [0, 0.05) is 28.2 Å². The molecule has 0 saturated carbocycles. The molecule has 29 heavy (non-hydrogen) atoms. The zero-order chi connectivity index (χ0) is 20.5. The van der Waals surface area contributed by atoms with Crippen molar-refractivity contribution in [1.29, 1.82) is 0 Å². The van der Waals surface area contributed by atoms with Gasteiger partial charge in [0.1, 0.15) is 23.7 Å². The number of benzene rings is 2. The Balaban J connectivity index is 1.96. The molecule has 0 unspecified atom stereocenters. The number of carbonyl (C=O) groups excluding carboxylic acids is 1. The minimum atomic E-state index is -0.872. The Morgan fingerprint density at radius 2 is 1.97 bits per heavy atom. The number of rotatable bonds is 4. The second-order valence-electron chi connectivity index (χ2n) is 5.94. The highest BCUT2D eigenvalue weighted by Gasteiger charge is 2.20. The quantitative estimate of drug-likeness (QED) is 0.349. The lowest BCUT2D eigenvalue weighted by atomic mass is 10.1. The molecule has 9 heteroatoms. The molecule has 2 aromatic heterocycles. The highest BCUT2D eigenvalue weighted by molar-refractivity contribution is 7.12. The number of halogens is 3. The normalized spacial score (nSPS) is 11.8. The van der Waals surface area contributed by atoms with Gasteiger partial charge in [0.15, 0.2) is 5.01 Å². The van der Waals surface area contributed by atoms with Gasteiger partial charge in [-0.2, -0.15) is 0 Å². The lowest BCUT2D eigenvalue weighted by molar-refractivity contribution is 0.105. The lowest BCUT2D eigenvalue weighted by Gasteiger charge is -2.10. The minimum absolute atomic E-state index is 0.0607. The van der Waals surface area contributed by atoms with Crippen molar-refractivity contribution >= 4 is 51.4 Å². The van der Waals surface area contributed by atoms with Gasteiger partial charge in [-0.1, -0.05) is 11.6 Å². The third-order valence-corrected chi connectivity index (χ3v) is 5.10. The van der Waals surface area contributed by atoms with E-state index in [4.69, 9.17) is 11.6 Å². The molecule has 0 bridgehead atoms. The van der Waals surface area contributed by atoms with E-state index in [1.54, 1.807) is 5.38 Å². The van der Waals surface area contributed by atoms with Crippen molar-refractivity contribution in [1.82, 2.24) is 14.5 Å². The number of carbonyl (C=O) groups is 1. The molecule has 0 atom stereocenters. The Labute approximate surface area is 171 Å². The van der Waals surface area contributed by atoms with Crippen LogP contribution in [0.1, 0.15) is 15.4 Å². The van der Waals surface area contributed by atoms with E-state index in [1.807, 2.05) is 0 Å². The first kappa shape index (κ1) is 19.1. The zero-order valence-corrected chi connectivity index (χ0v) is 16.0. The number of thiazole rings is 1. The van der Waals surface area contributed by atoms with Crippen molar-refractivity contribution in [2.45, 2.75) is 0 Å². The predicted molar refractivity (Wildman–Crippen MR) is 108 cm³/mol. The summed E-state index contributed by atoms with van der Waals surface area (Å²) >= 11 is 7.01. The third kappa shape index (κ3) is 3.72. The van der Waals surface area contributed by atoms with Crippen LogP contribution in [-0.2, 0) is 0 Å². The third-order valence-electron chi connectivity index (χ3n) is 4.09. The highest BCUT2D eigenvalue weighted by atomic mass is 35.5. The van der Waals surface area contributed by atoms with E-state index in [-0.39, 0.29) is 21.7 Å². The molecule has 0 spiro atoms. The summed E-state index contributed by atoms with van der Waals surface area (Å²) in [6, 6.07) is 7.48. The summed E-state index contributed by atoms with van der Waals surface area (Å²) < 4.78 is 28.5. The van der Waals surface area contributed by atoms with E-state index >= 15 is 0 Å². The zero-order valence-electron chi connectivity index (χ0n) is 14.5. The van der Waals surface area contributed by atoms with Crippen LogP contribution in [-0.4, -0.2) is 20.3 Å². The summed E-state index contributed by atoms with van der Waals surface area (Å²) in [4.78, 5) is 34.2. The molecule has 2 heterocycles. The molecule has 144 valence electrons. The Kier molecular flexibility index (Phi) is 5.04. The molecule has 0 aliphatic carbocycles. The van der Waals surface area contributed by atoms with Crippen molar-refractivity contribution in [2.24, 2.45) is 0 Å². The molecule has 0 N–H and O–H groups in total. The van der Waals surface area contributed by atoms with E-state index in [1.165, 1.54) is 42.9 Å². The Bertz CT molecular complexity index is 1330. The van der Waals surface area contributed by atoms with Gasteiger partial charge in [-0.15, -0.1) is 11.3 Å². The maximum Gasteiger partial charge on any atom is 0.265 e. The minimum Gasteiger partial charge on any atom is -0.284 e. The van der Waals surface area contributed by atoms with Gasteiger partial charge in [-0.25, -0.2) is 18.7 Å². The first-order valence-corrected chi connectivity index (χ1v) is 9.48. The van der Waals surface area contributed by atoms with E-state index in [0.717, 1.165) is 22.0 Å². The van der Waals surface area contributed by atoms with Crippen molar-refractivity contribution in [3.05, 3.63) is 91.9 Å². The molecule has 0 aliphatic heterocycles. The number of allylic oxidation sites excluding steroid dienone is 1. The number of aromatic nitrogens is 3. The van der Waals surface area contributed by atoms with Crippen LogP contribution in [0.3, 0.4) is 0 Å². The van der Waals surface area contributed by atoms with Crippen LogP contribution in [0, 0.1) is 11.6 Å². The van der Waals surface area contributed by atoms with E-state index in [0.29, 0.717) is 16.6 Å². The van der Waals surface area contributed by atoms with Crippen LogP contribution in [0.25, 0.3) is 22.7 Å². The number of hydrogen-bond acceptors (Lipinski definition) is 5. The second kappa shape index (κ2) is 7.65. The summed E-state index contributed by atoms with van der Waals surface area (Å²) in [6.07, 6.45) is 3.78. The molecule has 0 aliphatic rings. The SMILES string of the molecule is O=C(/C(=C/c1ccc(F)cc1F)n1cnc2cc(Cl)ccc2c1=O)c1nccs1. The first-order chi connectivity index (χ1) is 13.9. The lowest BCUT2D eigenvalue weighted by Crippen LogP contribution is -2.24. The van der Waals surface area contributed by atoms with E-state index in [2.05, 4.69) is 9.97 Å². The number of nitrogens with zero attached hydrogens (tertiary/aromatic N) is 3. The summed E-state index contributed by atoms with van der Waals surface area (Å²) in [5.41, 5.74) is -0.410. The maximum atomic E-state index is 14.2. The smallest absolute Gasteiger partial charge is 0.265 e. The highest BCUT2D eigenvalue weighted by Crippen LogP contribution is 2.21. The number of fused-ring (bicyclic) bond motifs is 1. The van der Waals surface area contributed by atoms with Crippen molar-refractivity contribution in [3.63, 3.8) is 0 Å². The molecular weight excluding hydrogens is 420 g/mol. The van der Waals surface area contributed by atoms with E-state index in [9.17, 15) is 18.4 Å². The fourth-order valence-electron chi connectivity index (χ4n) is 2.72. The molecule has 0 radical (unpaired) electrons. The van der Waals surface area contributed by atoms with Crippen LogP contribution in [0.5, 0.6) is 0 Å². The van der Waals surface area contributed by atoms with Crippen LogP contribution in [0.2, 0.25) is 5.02 Å². The van der Waals surface area contributed by atoms with E-state index < -0.39 is 23.0 Å². The van der Waals surface area contributed by atoms with Gasteiger partial charge in [0.2, 0.25) is 5.78 Å². The van der Waals surface area contributed by atoms with Crippen LogP contribution >= 0.6 is 22.9 Å². The van der Waals surface area contributed by atoms with Gasteiger partial charge < -0.3 is 0 Å². The molecule has 5 nitrogen and oxygen atoms in total. The van der Waals surface area contributed by atoms with Crippen molar-refractivity contribution < 1.29 is 13.6 Å². The van der Waals surface area contributed by atoms with Crippen LogP contribution in [0.4, 0.5) is 8.78 Å². The van der Waals surface area contributed by atoms with Gasteiger partial charge in [0.25, 0.3) is 5.56 Å². The summed E-state index contributed by atoms with van der Waals surface area (Å²) in [5, 5.41) is 2.36. The average Bonchev–Trinajstić information content (AvgIpc) is 3.22. The topological polar surface area (TPSA) is 64.8 Å². The molecule has 4 rings (SSSR count). The Morgan fingerprint density at radius 1 is 1.14 bits per heavy atom. The molecule has 0 fully saturated rings. The standard InChI is InChI=1S/C20H10ClF2N3O2S/c21-12-2-4-14-16(8-12)25-10-26(20(14)28)17(18(27)19-24-5-6-29-19)7-11-1-3-13(22)9-15(11)23/h1-10H/b17-7-. The molecular formula is C20H10ClF2N3O2S. The fourth-order valence-corrected chi connectivity index (χ4v) is 3.47. The molecule has 2 aromatic carbocycles. The van der Waals surface area contributed by atoms with Crippen LogP contribution < -0.4 is 5.56 Å². The molecule has 0 saturated heterocycles. The monoisotopic (exact) mass is 429 g/mol. The Hall–Kier alpha value is -3.23. The number of hydrogen-bond donors (Lipinski definition) is 0. The molecule has 4 aromatic rings. The first-order valence-electron chi connectivity index (χ1n) is 8.22. The predicted octanol–water partition coefficient (Wildman–Crippen LogP) is 4.67. The fraction of sp³-hybridized carbons (Fsp3) is 0. The van der Waals surface area contributed by atoms with Gasteiger partial charge >= 0.3 is 0 Å². The van der Waals surface area contributed by atoms with Gasteiger partial charge in [0.05, 0.1) is 10.9 Å². The largest absolute Gasteiger partial charge is 0.284 e. The summed E-state index contributed by atoms with van der Waals surface area (Å²) in [7, 11) is 0. The van der Waals surface area contributed by atoms with Crippen LogP contribution in [0.15, 0.2) is 59.1 Å².